The van der Waals surface area contributed by atoms with E-state index in [2.05, 4.69) is 32.0 Å². The van der Waals surface area contributed by atoms with Gasteiger partial charge >= 0.3 is 0 Å². The zero-order chi connectivity index (χ0) is 12.8. The molecule has 0 spiro atoms. The minimum atomic E-state index is 0.0679. The quantitative estimate of drug-likeness (QED) is 0.888. The number of aliphatic hydroxyl groups is 1. The normalized spacial score (nSPS) is 24.2. The summed E-state index contributed by atoms with van der Waals surface area (Å²) in [4.78, 5) is 0. The van der Waals surface area contributed by atoms with Crippen molar-refractivity contribution in [2.75, 3.05) is 19.8 Å². The van der Waals surface area contributed by atoms with E-state index in [4.69, 9.17) is 4.74 Å². The molecule has 1 aromatic rings. The molecule has 0 radical (unpaired) electrons. The Labute approximate surface area is 109 Å². The summed E-state index contributed by atoms with van der Waals surface area (Å²) in [6, 6.07) is 6.74. The van der Waals surface area contributed by atoms with Crippen LogP contribution in [0.4, 0.5) is 0 Å². The van der Waals surface area contributed by atoms with Crippen molar-refractivity contribution in [3.8, 4) is 0 Å². The van der Waals surface area contributed by atoms with Gasteiger partial charge < -0.3 is 9.84 Å². The molecule has 3 rings (SSSR count). The van der Waals surface area contributed by atoms with Crippen molar-refractivity contribution in [1.82, 2.24) is 0 Å². The van der Waals surface area contributed by atoms with Gasteiger partial charge in [0.2, 0.25) is 0 Å². The first-order valence-electron chi connectivity index (χ1n) is 6.90. The second kappa shape index (κ2) is 4.07. The summed E-state index contributed by atoms with van der Waals surface area (Å²) in [5, 5.41) is 9.87. The van der Waals surface area contributed by atoms with Crippen LogP contribution in [0.3, 0.4) is 0 Å². The van der Waals surface area contributed by atoms with E-state index in [1.54, 1.807) is 0 Å². The molecule has 2 heteroatoms. The minimum absolute atomic E-state index is 0.0679. The van der Waals surface area contributed by atoms with E-state index in [0.29, 0.717) is 6.61 Å². The fourth-order valence-corrected chi connectivity index (χ4v) is 3.52. The predicted molar refractivity (Wildman–Crippen MR) is 71.8 cm³/mol. The molecule has 0 bridgehead atoms. The van der Waals surface area contributed by atoms with Crippen molar-refractivity contribution in [3.63, 3.8) is 0 Å². The third-order valence-corrected chi connectivity index (χ3v) is 5.38. The van der Waals surface area contributed by atoms with Gasteiger partial charge in [-0.3, -0.25) is 0 Å². The first-order valence-corrected chi connectivity index (χ1v) is 6.90. The Balaban J connectivity index is 2.03. The number of aryl methyl sites for hydroxylation is 2. The lowest BCUT2D eigenvalue weighted by atomic mass is 9.50. The van der Waals surface area contributed by atoms with Crippen LogP contribution >= 0.6 is 0 Å². The van der Waals surface area contributed by atoms with Crippen LogP contribution in [-0.4, -0.2) is 24.9 Å². The van der Waals surface area contributed by atoms with Crippen LogP contribution in [0.1, 0.15) is 36.0 Å². The summed E-state index contributed by atoms with van der Waals surface area (Å²) in [6.07, 6.45) is 3.52. The molecule has 1 aliphatic heterocycles. The highest BCUT2D eigenvalue weighted by Crippen LogP contribution is 2.58. The summed E-state index contributed by atoms with van der Waals surface area (Å²) in [7, 11) is 0. The van der Waals surface area contributed by atoms with Gasteiger partial charge in [-0.2, -0.15) is 0 Å². The zero-order valence-electron chi connectivity index (χ0n) is 11.3. The Kier molecular flexibility index (Phi) is 2.76. The van der Waals surface area contributed by atoms with Gasteiger partial charge in [-0.1, -0.05) is 24.6 Å². The molecule has 1 heterocycles. The molecule has 1 aliphatic carbocycles. The van der Waals surface area contributed by atoms with Crippen LogP contribution in [-0.2, 0) is 10.2 Å². The molecule has 2 nitrogen and oxygen atoms in total. The first-order chi connectivity index (χ1) is 8.63. The molecule has 1 N–H and O–H groups in total. The monoisotopic (exact) mass is 246 g/mol. The zero-order valence-corrected chi connectivity index (χ0v) is 11.3. The van der Waals surface area contributed by atoms with Crippen LogP contribution in [0.15, 0.2) is 18.2 Å². The maximum absolute atomic E-state index is 9.87. The molecule has 0 atom stereocenters. The average Bonchev–Trinajstić information content (AvgIpc) is 2.25. The fraction of sp³-hybridized carbons (Fsp3) is 0.625. The van der Waals surface area contributed by atoms with Gasteiger partial charge in [0.05, 0.1) is 13.2 Å². The van der Waals surface area contributed by atoms with E-state index in [0.717, 1.165) is 26.1 Å². The second-order valence-electron chi connectivity index (χ2n) is 6.17. The molecule has 0 amide bonds. The highest BCUT2D eigenvalue weighted by atomic mass is 16.5. The number of hydrogen-bond donors (Lipinski definition) is 1. The first kappa shape index (κ1) is 12.2. The average molecular weight is 246 g/mol. The molecule has 1 aromatic carbocycles. The third kappa shape index (κ3) is 1.42. The smallest absolute Gasteiger partial charge is 0.0591 e. The van der Waals surface area contributed by atoms with Crippen molar-refractivity contribution in [1.29, 1.82) is 0 Å². The summed E-state index contributed by atoms with van der Waals surface area (Å²) in [6.45, 7) is 6.15. The van der Waals surface area contributed by atoms with Crippen LogP contribution in [0, 0.1) is 19.3 Å². The fourth-order valence-electron chi connectivity index (χ4n) is 3.52. The van der Waals surface area contributed by atoms with Crippen molar-refractivity contribution in [2.45, 2.75) is 38.5 Å². The van der Waals surface area contributed by atoms with Crippen molar-refractivity contribution in [2.24, 2.45) is 5.41 Å². The van der Waals surface area contributed by atoms with Crippen LogP contribution in [0.2, 0.25) is 0 Å². The van der Waals surface area contributed by atoms with E-state index in [-0.39, 0.29) is 10.8 Å². The van der Waals surface area contributed by atoms with Crippen LogP contribution < -0.4 is 0 Å². The Morgan fingerprint density at radius 3 is 2.28 bits per heavy atom. The standard InChI is InChI=1S/C16H22O2/c1-12-4-5-14(8-13(12)2)16(10-18-11-16)15(9-17)6-3-7-15/h4-5,8,17H,3,6-7,9-11H2,1-2H3. The van der Waals surface area contributed by atoms with Gasteiger partial charge in [-0.25, -0.2) is 0 Å². The summed E-state index contributed by atoms with van der Waals surface area (Å²) in [5.41, 5.74) is 4.18. The summed E-state index contributed by atoms with van der Waals surface area (Å²) in [5.74, 6) is 0. The SMILES string of the molecule is Cc1ccc(C2(C3(CO)CCC3)COC2)cc1C. The maximum atomic E-state index is 9.87. The molecular weight excluding hydrogens is 224 g/mol. The van der Waals surface area contributed by atoms with E-state index in [1.807, 2.05) is 0 Å². The number of benzene rings is 1. The maximum Gasteiger partial charge on any atom is 0.0591 e. The van der Waals surface area contributed by atoms with E-state index >= 15 is 0 Å². The van der Waals surface area contributed by atoms with E-state index < -0.39 is 0 Å². The molecule has 0 unspecified atom stereocenters. The van der Waals surface area contributed by atoms with Gasteiger partial charge in [0, 0.05) is 17.4 Å². The van der Waals surface area contributed by atoms with E-state index in [9.17, 15) is 5.11 Å². The Bertz CT molecular complexity index is 451. The largest absolute Gasteiger partial charge is 0.396 e. The molecule has 2 fully saturated rings. The number of aliphatic hydroxyl groups excluding tert-OH is 1. The topological polar surface area (TPSA) is 29.5 Å². The van der Waals surface area contributed by atoms with Gasteiger partial charge in [0.25, 0.3) is 0 Å². The highest BCUT2D eigenvalue weighted by molar-refractivity contribution is 5.39. The highest BCUT2D eigenvalue weighted by Gasteiger charge is 2.59. The lowest BCUT2D eigenvalue weighted by Crippen LogP contribution is -2.63. The second-order valence-corrected chi connectivity index (χ2v) is 6.17. The Morgan fingerprint density at radius 2 is 1.89 bits per heavy atom. The van der Waals surface area contributed by atoms with Gasteiger partial charge in [-0.05, 0) is 43.4 Å². The molecule has 1 saturated heterocycles. The lowest BCUT2D eigenvalue weighted by molar-refractivity contribution is -0.173. The summed E-state index contributed by atoms with van der Waals surface area (Å²) >= 11 is 0. The lowest BCUT2D eigenvalue weighted by Gasteiger charge is -2.59. The number of hydrogen-bond acceptors (Lipinski definition) is 2. The van der Waals surface area contributed by atoms with Crippen molar-refractivity contribution in [3.05, 3.63) is 34.9 Å². The minimum Gasteiger partial charge on any atom is -0.396 e. The molecule has 98 valence electrons. The Hall–Kier alpha value is -0.860. The van der Waals surface area contributed by atoms with Gasteiger partial charge in [0.1, 0.15) is 0 Å². The molecule has 2 aliphatic rings. The molecule has 1 saturated carbocycles. The molecular formula is C16H22O2. The van der Waals surface area contributed by atoms with Crippen LogP contribution in [0.25, 0.3) is 0 Å². The number of rotatable bonds is 3. The molecule has 18 heavy (non-hydrogen) atoms. The predicted octanol–water partition coefficient (Wildman–Crippen LogP) is 2.73. The number of ether oxygens (including phenoxy) is 1. The third-order valence-electron chi connectivity index (χ3n) is 5.38. The Morgan fingerprint density at radius 1 is 1.17 bits per heavy atom. The van der Waals surface area contributed by atoms with E-state index in [1.165, 1.54) is 23.1 Å². The molecule has 0 aromatic heterocycles. The van der Waals surface area contributed by atoms with Gasteiger partial charge in [0.15, 0.2) is 0 Å². The van der Waals surface area contributed by atoms with Crippen molar-refractivity contribution >= 4 is 0 Å². The summed E-state index contributed by atoms with van der Waals surface area (Å²) < 4.78 is 5.54. The van der Waals surface area contributed by atoms with Crippen molar-refractivity contribution < 1.29 is 9.84 Å². The van der Waals surface area contributed by atoms with Gasteiger partial charge in [-0.15, -0.1) is 0 Å². The van der Waals surface area contributed by atoms with Crippen LogP contribution in [0.5, 0.6) is 0 Å².